The summed E-state index contributed by atoms with van der Waals surface area (Å²) in [5, 5.41) is 8.61. The standard InChI is InChI=1S/C9H12O3/c1-9(2)4-3-6(8(11)12)5-7(9)10/h5H,3-4H2,1-2H3,(H,11,12). The van der Waals surface area contributed by atoms with Crippen LogP contribution in [0, 0.1) is 5.41 Å². The van der Waals surface area contributed by atoms with Gasteiger partial charge in [0.05, 0.1) is 0 Å². The zero-order valence-electron chi connectivity index (χ0n) is 7.26. The summed E-state index contributed by atoms with van der Waals surface area (Å²) in [5.74, 6) is -1.05. The summed E-state index contributed by atoms with van der Waals surface area (Å²) in [6, 6.07) is 0. The van der Waals surface area contributed by atoms with Crippen LogP contribution in [0.2, 0.25) is 0 Å². The smallest absolute Gasteiger partial charge is 0.331 e. The van der Waals surface area contributed by atoms with Gasteiger partial charge in [-0.05, 0) is 18.9 Å². The van der Waals surface area contributed by atoms with Gasteiger partial charge in [0.15, 0.2) is 5.78 Å². The van der Waals surface area contributed by atoms with E-state index in [0.29, 0.717) is 12.8 Å². The summed E-state index contributed by atoms with van der Waals surface area (Å²) in [7, 11) is 0. The van der Waals surface area contributed by atoms with Crippen molar-refractivity contribution in [2.45, 2.75) is 26.7 Å². The minimum absolute atomic E-state index is 0.0776. The summed E-state index contributed by atoms with van der Waals surface area (Å²) in [5.41, 5.74) is -0.141. The van der Waals surface area contributed by atoms with Gasteiger partial charge in [0.1, 0.15) is 0 Å². The molecule has 0 bridgehead atoms. The fraction of sp³-hybridized carbons (Fsp3) is 0.556. The molecule has 66 valence electrons. The van der Waals surface area contributed by atoms with Crippen molar-refractivity contribution in [1.29, 1.82) is 0 Å². The fourth-order valence-electron chi connectivity index (χ4n) is 1.16. The molecule has 1 aliphatic carbocycles. The van der Waals surface area contributed by atoms with Crippen LogP contribution in [0.5, 0.6) is 0 Å². The number of allylic oxidation sites excluding steroid dienone is 1. The number of carbonyl (C=O) groups is 2. The molecule has 1 rings (SSSR count). The Labute approximate surface area is 71.1 Å². The lowest BCUT2D eigenvalue weighted by Gasteiger charge is -2.25. The van der Waals surface area contributed by atoms with Gasteiger partial charge < -0.3 is 5.11 Å². The first-order valence-electron chi connectivity index (χ1n) is 3.92. The van der Waals surface area contributed by atoms with Crippen LogP contribution in [0.15, 0.2) is 11.6 Å². The van der Waals surface area contributed by atoms with E-state index >= 15 is 0 Å². The summed E-state index contributed by atoms with van der Waals surface area (Å²) >= 11 is 0. The molecule has 0 spiro atoms. The molecule has 0 saturated heterocycles. The maximum atomic E-state index is 11.3. The predicted octanol–water partition coefficient (Wildman–Crippen LogP) is 1.39. The van der Waals surface area contributed by atoms with Gasteiger partial charge in [-0.25, -0.2) is 4.79 Å². The predicted molar refractivity (Wildman–Crippen MR) is 43.7 cm³/mol. The molecule has 3 heteroatoms. The highest BCUT2D eigenvalue weighted by molar-refractivity contribution is 6.02. The van der Waals surface area contributed by atoms with Gasteiger partial charge in [0.2, 0.25) is 0 Å². The van der Waals surface area contributed by atoms with Gasteiger partial charge in [-0.15, -0.1) is 0 Å². The summed E-state index contributed by atoms with van der Waals surface area (Å²) in [4.78, 5) is 21.8. The molecule has 1 N–H and O–H groups in total. The minimum atomic E-state index is -0.973. The normalized spacial score (nSPS) is 21.8. The van der Waals surface area contributed by atoms with E-state index in [1.165, 1.54) is 6.08 Å². The Kier molecular flexibility index (Phi) is 2.04. The molecule has 0 aliphatic heterocycles. The van der Waals surface area contributed by atoms with Crippen molar-refractivity contribution in [2.75, 3.05) is 0 Å². The monoisotopic (exact) mass is 168 g/mol. The van der Waals surface area contributed by atoms with Crippen LogP contribution in [0.1, 0.15) is 26.7 Å². The molecule has 0 amide bonds. The summed E-state index contributed by atoms with van der Waals surface area (Å²) in [6.07, 6.45) is 2.38. The second-order valence-electron chi connectivity index (χ2n) is 3.72. The van der Waals surface area contributed by atoms with E-state index in [1.807, 2.05) is 13.8 Å². The van der Waals surface area contributed by atoms with Crippen LogP contribution < -0.4 is 0 Å². The average molecular weight is 168 g/mol. The van der Waals surface area contributed by atoms with Crippen molar-refractivity contribution in [1.82, 2.24) is 0 Å². The number of hydrogen-bond donors (Lipinski definition) is 1. The van der Waals surface area contributed by atoms with Crippen molar-refractivity contribution in [3.8, 4) is 0 Å². The lowest BCUT2D eigenvalue weighted by Crippen LogP contribution is -2.27. The van der Waals surface area contributed by atoms with Crippen molar-refractivity contribution in [2.24, 2.45) is 5.41 Å². The quantitative estimate of drug-likeness (QED) is 0.643. The molecular formula is C9H12O3. The van der Waals surface area contributed by atoms with Crippen molar-refractivity contribution >= 4 is 11.8 Å². The molecule has 0 unspecified atom stereocenters. The van der Waals surface area contributed by atoms with Crippen molar-refractivity contribution < 1.29 is 14.7 Å². The van der Waals surface area contributed by atoms with E-state index in [2.05, 4.69) is 0 Å². The highest BCUT2D eigenvalue weighted by atomic mass is 16.4. The summed E-state index contributed by atoms with van der Waals surface area (Å²) < 4.78 is 0. The number of rotatable bonds is 1. The van der Waals surface area contributed by atoms with Crippen LogP contribution in [0.4, 0.5) is 0 Å². The van der Waals surface area contributed by atoms with E-state index in [9.17, 15) is 9.59 Å². The minimum Gasteiger partial charge on any atom is -0.478 e. The number of carboxylic acid groups (broad SMARTS) is 1. The Morgan fingerprint density at radius 2 is 2.17 bits per heavy atom. The van der Waals surface area contributed by atoms with Gasteiger partial charge in [0.25, 0.3) is 0 Å². The molecule has 12 heavy (non-hydrogen) atoms. The Morgan fingerprint density at radius 1 is 1.58 bits per heavy atom. The first-order valence-corrected chi connectivity index (χ1v) is 3.92. The highest BCUT2D eigenvalue weighted by Crippen LogP contribution is 2.31. The molecule has 0 aromatic carbocycles. The lowest BCUT2D eigenvalue weighted by molar-refractivity contribution is -0.134. The van der Waals surface area contributed by atoms with Gasteiger partial charge in [0, 0.05) is 11.0 Å². The Hall–Kier alpha value is -1.12. The van der Waals surface area contributed by atoms with E-state index in [4.69, 9.17) is 5.11 Å². The number of carbonyl (C=O) groups excluding carboxylic acids is 1. The molecule has 0 aromatic rings. The molecule has 0 heterocycles. The van der Waals surface area contributed by atoms with E-state index in [0.717, 1.165) is 0 Å². The zero-order chi connectivity index (χ0) is 9.35. The van der Waals surface area contributed by atoms with E-state index in [-0.39, 0.29) is 16.8 Å². The topological polar surface area (TPSA) is 54.4 Å². The molecule has 0 fully saturated rings. The fourth-order valence-corrected chi connectivity index (χ4v) is 1.16. The Bertz CT molecular complexity index is 261. The molecule has 0 saturated carbocycles. The van der Waals surface area contributed by atoms with E-state index in [1.54, 1.807) is 0 Å². The van der Waals surface area contributed by atoms with Gasteiger partial charge in [-0.3, -0.25) is 4.79 Å². The van der Waals surface area contributed by atoms with Crippen LogP contribution in [0.3, 0.4) is 0 Å². The maximum Gasteiger partial charge on any atom is 0.331 e. The number of ketones is 1. The first kappa shape index (κ1) is 8.97. The highest BCUT2D eigenvalue weighted by Gasteiger charge is 2.31. The zero-order valence-corrected chi connectivity index (χ0v) is 7.26. The van der Waals surface area contributed by atoms with E-state index < -0.39 is 5.97 Å². The molecule has 0 aromatic heterocycles. The molecular weight excluding hydrogens is 156 g/mol. The van der Waals surface area contributed by atoms with Crippen LogP contribution in [-0.2, 0) is 9.59 Å². The summed E-state index contributed by atoms with van der Waals surface area (Å²) in [6.45, 7) is 3.68. The Morgan fingerprint density at radius 3 is 2.58 bits per heavy atom. The average Bonchev–Trinajstić information content (AvgIpc) is 1.94. The van der Waals surface area contributed by atoms with Crippen molar-refractivity contribution in [3.05, 3.63) is 11.6 Å². The first-order chi connectivity index (χ1) is 5.43. The SMILES string of the molecule is CC1(C)CCC(C(=O)O)=CC1=O. The van der Waals surface area contributed by atoms with Gasteiger partial charge >= 0.3 is 5.97 Å². The number of hydrogen-bond acceptors (Lipinski definition) is 2. The van der Waals surface area contributed by atoms with Gasteiger partial charge in [-0.1, -0.05) is 13.8 Å². The molecule has 3 nitrogen and oxygen atoms in total. The molecule has 0 radical (unpaired) electrons. The molecule has 0 atom stereocenters. The second kappa shape index (κ2) is 2.73. The molecule has 1 aliphatic rings. The van der Waals surface area contributed by atoms with Crippen LogP contribution >= 0.6 is 0 Å². The maximum absolute atomic E-state index is 11.3. The van der Waals surface area contributed by atoms with Crippen molar-refractivity contribution in [3.63, 3.8) is 0 Å². The third-order valence-electron chi connectivity index (χ3n) is 2.27. The number of aliphatic carboxylic acids is 1. The largest absolute Gasteiger partial charge is 0.478 e. The number of carboxylic acids is 1. The van der Waals surface area contributed by atoms with Crippen LogP contribution in [-0.4, -0.2) is 16.9 Å². The van der Waals surface area contributed by atoms with Crippen LogP contribution in [0.25, 0.3) is 0 Å². The second-order valence-corrected chi connectivity index (χ2v) is 3.72. The Balaban J connectivity index is 2.90. The third kappa shape index (κ3) is 1.55. The third-order valence-corrected chi connectivity index (χ3v) is 2.27. The van der Waals surface area contributed by atoms with Gasteiger partial charge in [-0.2, -0.15) is 0 Å². The lowest BCUT2D eigenvalue weighted by atomic mass is 9.77.